The number of nitrogens with one attached hydrogen (secondary N) is 1. The number of carbonyl (C=O) groups is 3. The van der Waals surface area contributed by atoms with Crippen LogP contribution < -0.4 is 20.7 Å². The molecule has 0 aliphatic heterocycles. The minimum absolute atomic E-state index is 0.000837. The van der Waals surface area contributed by atoms with Gasteiger partial charge in [-0.1, -0.05) is 6.92 Å². The van der Waals surface area contributed by atoms with Crippen LogP contribution in [-0.2, 0) is 27.2 Å². The highest BCUT2D eigenvalue weighted by molar-refractivity contribution is 7.17. The van der Waals surface area contributed by atoms with Crippen molar-refractivity contribution in [2.45, 2.75) is 39.5 Å². The Kier molecular flexibility index (Phi) is 8.32. The van der Waals surface area contributed by atoms with E-state index < -0.39 is 11.9 Å². The third-order valence-electron chi connectivity index (χ3n) is 5.64. The van der Waals surface area contributed by atoms with Gasteiger partial charge < -0.3 is 25.4 Å². The molecule has 0 fully saturated rings. The molecule has 0 bridgehead atoms. The normalized spacial score (nSPS) is 14.8. The number of primary amides is 1. The van der Waals surface area contributed by atoms with E-state index in [1.807, 2.05) is 12.1 Å². The van der Waals surface area contributed by atoms with Crippen molar-refractivity contribution in [2.75, 3.05) is 37.0 Å². The molecule has 2 aromatic rings. The zero-order valence-electron chi connectivity index (χ0n) is 19.3. The van der Waals surface area contributed by atoms with Gasteiger partial charge in [0, 0.05) is 23.5 Å². The standard InChI is InChI=1S/C24H31N3O5S/c1-4-32-24(30)22-18-10-5-15(2)13-19(18)33-23(22)26-21(29)14-27(12-11-20(25)28)16-6-8-17(31-3)9-7-16/h6-9,15H,4-5,10-14H2,1-3H3,(H2,25,28)(H,26,29). The third kappa shape index (κ3) is 6.25. The Labute approximate surface area is 198 Å². The van der Waals surface area contributed by atoms with Crippen LogP contribution in [0.2, 0.25) is 0 Å². The van der Waals surface area contributed by atoms with Gasteiger partial charge in [-0.05, 0) is 61.9 Å². The van der Waals surface area contributed by atoms with Crippen LogP contribution in [0.1, 0.15) is 47.5 Å². The van der Waals surface area contributed by atoms with Gasteiger partial charge in [0.05, 0.1) is 25.8 Å². The number of benzene rings is 1. The van der Waals surface area contributed by atoms with Crippen LogP contribution in [-0.4, -0.2) is 44.6 Å². The van der Waals surface area contributed by atoms with Crippen molar-refractivity contribution in [3.63, 3.8) is 0 Å². The van der Waals surface area contributed by atoms with Gasteiger partial charge in [-0.15, -0.1) is 11.3 Å². The fraction of sp³-hybridized carbons (Fsp3) is 0.458. The molecule has 2 amide bonds. The summed E-state index contributed by atoms with van der Waals surface area (Å²) in [6.45, 7) is 4.52. The quantitative estimate of drug-likeness (QED) is 0.512. The van der Waals surface area contributed by atoms with Gasteiger partial charge in [0.1, 0.15) is 10.8 Å². The SMILES string of the molecule is CCOC(=O)c1c(NC(=O)CN(CCC(N)=O)c2ccc(OC)cc2)sc2c1CCC(C)C2. The molecule has 1 aliphatic carbocycles. The van der Waals surface area contributed by atoms with Gasteiger partial charge in [0.25, 0.3) is 0 Å². The molecule has 0 saturated carbocycles. The molecule has 0 saturated heterocycles. The number of hydrogen-bond donors (Lipinski definition) is 2. The van der Waals surface area contributed by atoms with Crippen molar-refractivity contribution in [3.05, 3.63) is 40.3 Å². The summed E-state index contributed by atoms with van der Waals surface area (Å²) < 4.78 is 10.5. The van der Waals surface area contributed by atoms with E-state index in [-0.39, 0.29) is 32.0 Å². The first-order valence-corrected chi connectivity index (χ1v) is 11.9. The monoisotopic (exact) mass is 473 g/mol. The minimum atomic E-state index is -0.446. The van der Waals surface area contributed by atoms with Gasteiger partial charge >= 0.3 is 5.97 Å². The molecule has 1 aromatic carbocycles. The number of nitrogens with zero attached hydrogens (tertiary/aromatic N) is 1. The van der Waals surface area contributed by atoms with Crippen molar-refractivity contribution in [3.8, 4) is 5.75 Å². The van der Waals surface area contributed by atoms with E-state index in [0.717, 1.165) is 35.4 Å². The molecule has 1 aliphatic rings. The maximum Gasteiger partial charge on any atom is 0.341 e. The Balaban J connectivity index is 1.81. The lowest BCUT2D eigenvalue weighted by molar-refractivity contribution is -0.118. The van der Waals surface area contributed by atoms with Gasteiger partial charge in [0.2, 0.25) is 11.8 Å². The summed E-state index contributed by atoms with van der Waals surface area (Å²) in [5.74, 6) is 0.0938. The number of carbonyl (C=O) groups excluding carboxylic acids is 3. The van der Waals surface area contributed by atoms with E-state index in [0.29, 0.717) is 22.2 Å². The van der Waals surface area contributed by atoms with E-state index in [1.54, 1.807) is 31.1 Å². The molecule has 1 aromatic heterocycles. The fourth-order valence-electron chi connectivity index (χ4n) is 3.94. The van der Waals surface area contributed by atoms with E-state index in [1.165, 1.54) is 11.3 Å². The second-order valence-electron chi connectivity index (χ2n) is 8.16. The zero-order valence-corrected chi connectivity index (χ0v) is 20.1. The Morgan fingerprint density at radius 1 is 1.24 bits per heavy atom. The zero-order chi connectivity index (χ0) is 24.0. The number of methoxy groups -OCH3 is 1. The summed E-state index contributed by atoms with van der Waals surface area (Å²) >= 11 is 1.45. The predicted molar refractivity (Wildman–Crippen MR) is 129 cm³/mol. The molecule has 1 heterocycles. The van der Waals surface area contributed by atoms with Crippen LogP contribution >= 0.6 is 11.3 Å². The molecule has 9 heteroatoms. The second kappa shape index (κ2) is 11.2. The van der Waals surface area contributed by atoms with Gasteiger partial charge in [0.15, 0.2) is 0 Å². The average Bonchev–Trinajstić information content (AvgIpc) is 3.13. The first-order valence-electron chi connectivity index (χ1n) is 11.1. The minimum Gasteiger partial charge on any atom is -0.497 e. The van der Waals surface area contributed by atoms with E-state index >= 15 is 0 Å². The van der Waals surface area contributed by atoms with E-state index in [2.05, 4.69) is 12.2 Å². The largest absolute Gasteiger partial charge is 0.497 e. The highest BCUT2D eigenvalue weighted by Crippen LogP contribution is 2.40. The third-order valence-corrected chi connectivity index (χ3v) is 6.81. The summed E-state index contributed by atoms with van der Waals surface area (Å²) in [6, 6.07) is 7.22. The second-order valence-corrected chi connectivity index (χ2v) is 9.27. The summed E-state index contributed by atoms with van der Waals surface area (Å²) in [5.41, 5.74) is 7.56. The number of amides is 2. The number of thiophene rings is 1. The summed E-state index contributed by atoms with van der Waals surface area (Å²) in [4.78, 5) is 40.0. The van der Waals surface area contributed by atoms with Crippen LogP contribution in [0.3, 0.4) is 0 Å². The number of nitrogens with two attached hydrogens (primary N) is 1. The summed E-state index contributed by atoms with van der Waals surface area (Å²) in [5, 5.41) is 3.46. The lowest BCUT2D eigenvalue weighted by Gasteiger charge is -2.24. The number of fused-ring (bicyclic) bond motifs is 1. The molecule has 33 heavy (non-hydrogen) atoms. The first kappa shape index (κ1) is 24.6. The molecular formula is C24H31N3O5S. The van der Waals surface area contributed by atoms with Crippen LogP contribution in [0.25, 0.3) is 0 Å². The number of ether oxygens (including phenoxy) is 2. The number of esters is 1. The van der Waals surface area contributed by atoms with Crippen molar-refractivity contribution in [1.29, 1.82) is 0 Å². The molecule has 1 unspecified atom stereocenters. The number of hydrogen-bond acceptors (Lipinski definition) is 7. The molecule has 3 N–H and O–H groups in total. The average molecular weight is 474 g/mol. The summed E-state index contributed by atoms with van der Waals surface area (Å²) in [7, 11) is 1.58. The number of anilines is 2. The Hall–Kier alpha value is -3.07. The van der Waals surface area contributed by atoms with Crippen molar-refractivity contribution < 1.29 is 23.9 Å². The van der Waals surface area contributed by atoms with Crippen molar-refractivity contribution in [1.82, 2.24) is 0 Å². The molecule has 1 atom stereocenters. The van der Waals surface area contributed by atoms with Crippen LogP contribution in [0.4, 0.5) is 10.7 Å². The lowest BCUT2D eigenvalue weighted by Crippen LogP contribution is -2.35. The predicted octanol–water partition coefficient (Wildman–Crippen LogP) is 3.38. The Morgan fingerprint density at radius 2 is 1.97 bits per heavy atom. The summed E-state index contributed by atoms with van der Waals surface area (Å²) in [6.07, 6.45) is 2.80. The van der Waals surface area contributed by atoms with Crippen LogP contribution in [0.5, 0.6) is 5.75 Å². The fourth-order valence-corrected chi connectivity index (χ4v) is 5.35. The van der Waals surface area contributed by atoms with Crippen LogP contribution in [0.15, 0.2) is 24.3 Å². The van der Waals surface area contributed by atoms with Crippen LogP contribution in [0, 0.1) is 5.92 Å². The highest BCUT2D eigenvalue weighted by atomic mass is 32.1. The first-order chi connectivity index (χ1) is 15.8. The molecule has 178 valence electrons. The number of rotatable bonds is 10. The topological polar surface area (TPSA) is 111 Å². The van der Waals surface area contributed by atoms with E-state index in [4.69, 9.17) is 15.2 Å². The van der Waals surface area contributed by atoms with Gasteiger partial charge in [-0.2, -0.15) is 0 Å². The smallest absolute Gasteiger partial charge is 0.341 e. The molecule has 0 radical (unpaired) electrons. The maximum atomic E-state index is 13.0. The molecule has 8 nitrogen and oxygen atoms in total. The van der Waals surface area contributed by atoms with Crippen molar-refractivity contribution in [2.24, 2.45) is 11.7 Å². The Morgan fingerprint density at radius 3 is 2.61 bits per heavy atom. The Bertz CT molecular complexity index is 1000. The van der Waals surface area contributed by atoms with Crippen molar-refractivity contribution >= 4 is 39.8 Å². The molecular weight excluding hydrogens is 442 g/mol. The van der Waals surface area contributed by atoms with Gasteiger partial charge in [-0.3, -0.25) is 9.59 Å². The van der Waals surface area contributed by atoms with Gasteiger partial charge in [-0.25, -0.2) is 4.79 Å². The highest BCUT2D eigenvalue weighted by Gasteiger charge is 2.29. The van der Waals surface area contributed by atoms with E-state index in [9.17, 15) is 14.4 Å². The molecule has 3 rings (SSSR count). The maximum absolute atomic E-state index is 13.0. The lowest BCUT2D eigenvalue weighted by atomic mass is 9.88. The molecule has 0 spiro atoms.